The highest BCUT2D eigenvalue weighted by Crippen LogP contribution is 2.28. The van der Waals surface area contributed by atoms with Crippen molar-refractivity contribution in [2.75, 3.05) is 6.61 Å². The van der Waals surface area contributed by atoms with Gasteiger partial charge in [0.05, 0.1) is 6.61 Å². The van der Waals surface area contributed by atoms with Crippen molar-refractivity contribution in [1.29, 1.82) is 0 Å². The Balaban J connectivity index is 1.56. The molecule has 116 valence electrons. The lowest BCUT2D eigenvalue weighted by Crippen LogP contribution is -2.47. The Bertz CT molecular complexity index is 447. The minimum absolute atomic E-state index is 0.227. The van der Waals surface area contributed by atoms with Crippen molar-refractivity contribution in [3.05, 3.63) is 35.9 Å². The Kier molecular flexibility index (Phi) is 5.23. The maximum atomic E-state index is 11.6. The third-order valence-corrected chi connectivity index (χ3v) is 3.42. The SMILES string of the molecule is CC(C)(C)OC(=O)NC1CC(COCc2ccccc2)C1. The second kappa shape index (κ2) is 6.94. The van der Waals surface area contributed by atoms with Gasteiger partial charge in [-0.05, 0) is 45.1 Å². The first-order valence-corrected chi connectivity index (χ1v) is 7.53. The van der Waals surface area contributed by atoms with Crippen LogP contribution in [-0.2, 0) is 16.1 Å². The zero-order valence-corrected chi connectivity index (χ0v) is 13.1. The Morgan fingerprint density at radius 2 is 1.90 bits per heavy atom. The average Bonchev–Trinajstić information content (AvgIpc) is 2.34. The van der Waals surface area contributed by atoms with Crippen LogP contribution >= 0.6 is 0 Å². The molecule has 2 rings (SSSR count). The van der Waals surface area contributed by atoms with E-state index < -0.39 is 5.60 Å². The number of hydrogen-bond donors (Lipinski definition) is 1. The van der Waals surface area contributed by atoms with Gasteiger partial charge in [-0.1, -0.05) is 30.3 Å². The minimum atomic E-state index is -0.438. The summed E-state index contributed by atoms with van der Waals surface area (Å²) in [6.07, 6.45) is 1.61. The first kappa shape index (κ1) is 15.8. The van der Waals surface area contributed by atoms with Crippen LogP contribution in [-0.4, -0.2) is 24.3 Å². The first-order chi connectivity index (χ1) is 9.92. The molecule has 0 aromatic heterocycles. The second-order valence-corrected chi connectivity index (χ2v) is 6.68. The van der Waals surface area contributed by atoms with Gasteiger partial charge in [0, 0.05) is 12.6 Å². The maximum Gasteiger partial charge on any atom is 0.407 e. The summed E-state index contributed by atoms with van der Waals surface area (Å²) in [7, 11) is 0. The number of carbonyl (C=O) groups is 1. The molecule has 4 heteroatoms. The molecule has 0 aliphatic heterocycles. The molecule has 4 nitrogen and oxygen atoms in total. The Hall–Kier alpha value is -1.55. The monoisotopic (exact) mass is 291 g/mol. The summed E-state index contributed by atoms with van der Waals surface area (Å²) in [6, 6.07) is 10.4. The molecule has 1 aromatic rings. The lowest BCUT2D eigenvalue weighted by molar-refractivity contribution is 0.0283. The molecule has 0 unspecified atom stereocenters. The lowest BCUT2D eigenvalue weighted by atomic mass is 9.81. The Labute approximate surface area is 126 Å². The lowest BCUT2D eigenvalue weighted by Gasteiger charge is -2.36. The highest BCUT2D eigenvalue weighted by atomic mass is 16.6. The molecule has 1 fully saturated rings. The summed E-state index contributed by atoms with van der Waals surface area (Å²) >= 11 is 0. The number of amides is 1. The third-order valence-electron chi connectivity index (χ3n) is 3.42. The number of ether oxygens (including phenoxy) is 2. The normalized spacial score (nSPS) is 21.5. The smallest absolute Gasteiger partial charge is 0.407 e. The molecule has 0 radical (unpaired) electrons. The molecular weight excluding hydrogens is 266 g/mol. The molecule has 0 spiro atoms. The second-order valence-electron chi connectivity index (χ2n) is 6.68. The van der Waals surface area contributed by atoms with Crippen LogP contribution in [0.3, 0.4) is 0 Å². The first-order valence-electron chi connectivity index (χ1n) is 7.53. The van der Waals surface area contributed by atoms with Crippen LogP contribution in [0.1, 0.15) is 39.2 Å². The van der Waals surface area contributed by atoms with Crippen LogP contribution in [0, 0.1) is 5.92 Å². The van der Waals surface area contributed by atoms with Gasteiger partial charge in [0.25, 0.3) is 0 Å². The van der Waals surface area contributed by atoms with Gasteiger partial charge in [-0.2, -0.15) is 0 Å². The molecule has 1 amide bonds. The summed E-state index contributed by atoms with van der Waals surface area (Å²) in [6.45, 7) is 7.01. The zero-order valence-electron chi connectivity index (χ0n) is 13.1. The number of rotatable bonds is 5. The largest absolute Gasteiger partial charge is 0.444 e. The van der Waals surface area contributed by atoms with Gasteiger partial charge < -0.3 is 14.8 Å². The molecule has 21 heavy (non-hydrogen) atoms. The van der Waals surface area contributed by atoms with E-state index in [1.165, 1.54) is 5.56 Å². The van der Waals surface area contributed by atoms with Crippen molar-refractivity contribution in [1.82, 2.24) is 5.32 Å². The fourth-order valence-electron chi connectivity index (χ4n) is 2.38. The van der Waals surface area contributed by atoms with Crippen molar-refractivity contribution < 1.29 is 14.3 Å². The van der Waals surface area contributed by atoms with Gasteiger partial charge in [-0.25, -0.2) is 4.79 Å². The van der Waals surface area contributed by atoms with E-state index in [4.69, 9.17) is 9.47 Å². The molecule has 1 aliphatic carbocycles. The molecule has 0 atom stereocenters. The fourth-order valence-corrected chi connectivity index (χ4v) is 2.38. The minimum Gasteiger partial charge on any atom is -0.444 e. The van der Waals surface area contributed by atoms with E-state index in [2.05, 4.69) is 17.4 Å². The number of hydrogen-bond acceptors (Lipinski definition) is 3. The predicted molar refractivity (Wildman–Crippen MR) is 82.0 cm³/mol. The Morgan fingerprint density at radius 3 is 2.52 bits per heavy atom. The predicted octanol–water partition coefficient (Wildman–Crippen LogP) is 3.51. The highest BCUT2D eigenvalue weighted by molar-refractivity contribution is 5.68. The van der Waals surface area contributed by atoms with E-state index in [1.807, 2.05) is 39.0 Å². The summed E-state index contributed by atoms with van der Waals surface area (Å²) in [5, 5.41) is 2.89. The van der Waals surface area contributed by atoms with Crippen LogP contribution < -0.4 is 5.32 Å². The fraction of sp³-hybridized carbons (Fsp3) is 0.588. The van der Waals surface area contributed by atoms with E-state index in [0.29, 0.717) is 12.5 Å². The van der Waals surface area contributed by atoms with Gasteiger partial charge >= 0.3 is 6.09 Å². The van der Waals surface area contributed by atoms with Crippen molar-refractivity contribution >= 4 is 6.09 Å². The van der Waals surface area contributed by atoms with Gasteiger partial charge in [-0.15, -0.1) is 0 Å². The van der Waals surface area contributed by atoms with Gasteiger partial charge in [0.2, 0.25) is 0 Å². The molecular formula is C17H25NO3. The topological polar surface area (TPSA) is 47.6 Å². The Morgan fingerprint density at radius 1 is 1.24 bits per heavy atom. The molecule has 0 heterocycles. The van der Waals surface area contributed by atoms with Crippen molar-refractivity contribution in [2.45, 2.75) is 51.9 Å². The standard InChI is InChI=1S/C17H25NO3/c1-17(2,3)21-16(19)18-15-9-14(10-15)12-20-11-13-7-5-4-6-8-13/h4-8,14-15H,9-12H2,1-3H3,(H,18,19). The van der Waals surface area contributed by atoms with Gasteiger partial charge in [0.15, 0.2) is 0 Å². The number of alkyl carbamates (subject to hydrolysis) is 1. The molecule has 1 N–H and O–H groups in total. The summed E-state index contributed by atoms with van der Waals surface area (Å²) in [5.41, 5.74) is 0.756. The zero-order chi connectivity index (χ0) is 15.3. The average molecular weight is 291 g/mol. The number of carbonyl (C=O) groups excluding carboxylic acids is 1. The quantitative estimate of drug-likeness (QED) is 0.903. The summed E-state index contributed by atoms with van der Waals surface area (Å²) in [5.74, 6) is 0.536. The molecule has 1 aromatic carbocycles. The summed E-state index contributed by atoms with van der Waals surface area (Å²) in [4.78, 5) is 11.6. The summed E-state index contributed by atoms with van der Waals surface area (Å²) < 4.78 is 11.0. The van der Waals surface area contributed by atoms with Crippen LogP contribution in [0.4, 0.5) is 4.79 Å². The van der Waals surface area contributed by atoms with Crippen molar-refractivity contribution in [2.24, 2.45) is 5.92 Å². The van der Waals surface area contributed by atoms with Gasteiger partial charge in [-0.3, -0.25) is 0 Å². The molecule has 0 saturated heterocycles. The van der Waals surface area contributed by atoms with E-state index in [9.17, 15) is 4.79 Å². The van der Waals surface area contributed by atoms with Crippen molar-refractivity contribution in [3.63, 3.8) is 0 Å². The van der Waals surface area contributed by atoms with Gasteiger partial charge in [0.1, 0.15) is 5.60 Å². The highest BCUT2D eigenvalue weighted by Gasteiger charge is 2.31. The van der Waals surface area contributed by atoms with Crippen LogP contribution in [0.5, 0.6) is 0 Å². The molecule has 1 saturated carbocycles. The molecule has 0 bridgehead atoms. The maximum absolute atomic E-state index is 11.6. The third kappa shape index (κ3) is 5.76. The van der Waals surface area contributed by atoms with E-state index in [1.54, 1.807) is 0 Å². The van der Waals surface area contributed by atoms with E-state index in [0.717, 1.165) is 19.4 Å². The number of nitrogens with one attached hydrogen (secondary N) is 1. The van der Waals surface area contributed by atoms with Crippen LogP contribution in [0.2, 0.25) is 0 Å². The van der Waals surface area contributed by atoms with E-state index >= 15 is 0 Å². The van der Waals surface area contributed by atoms with Crippen molar-refractivity contribution in [3.8, 4) is 0 Å². The van der Waals surface area contributed by atoms with E-state index in [-0.39, 0.29) is 12.1 Å². The molecule has 1 aliphatic rings. The van der Waals surface area contributed by atoms with Crippen LogP contribution in [0.15, 0.2) is 30.3 Å². The number of benzene rings is 1. The van der Waals surface area contributed by atoms with Crippen LogP contribution in [0.25, 0.3) is 0 Å².